The zero-order valence-electron chi connectivity index (χ0n) is 15.8. The van der Waals surface area contributed by atoms with Gasteiger partial charge < -0.3 is 9.64 Å². The van der Waals surface area contributed by atoms with Gasteiger partial charge in [-0.25, -0.2) is 0 Å². The van der Waals surface area contributed by atoms with Crippen molar-refractivity contribution in [1.82, 2.24) is 4.90 Å². The van der Waals surface area contributed by atoms with Crippen molar-refractivity contribution in [3.8, 4) is 0 Å². The van der Waals surface area contributed by atoms with Crippen molar-refractivity contribution >= 4 is 17.4 Å². The van der Waals surface area contributed by atoms with E-state index in [1.165, 1.54) is 11.1 Å². The molecule has 27 heavy (non-hydrogen) atoms. The Morgan fingerprint density at radius 2 is 1.56 bits per heavy atom. The molecule has 0 radical (unpaired) electrons. The number of aryl methyl sites for hydroxylation is 2. The minimum absolute atomic E-state index is 0.413. The van der Waals surface area contributed by atoms with Crippen molar-refractivity contribution < 1.29 is 14.3 Å². The number of para-hydroxylation sites is 1. The summed E-state index contributed by atoms with van der Waals surface area (Å²) in [5.41, 5.74) is 5.96. The van der Waals surface area contributed by atoms with Crippen molar-refractivity contribution in [2.45, 2.75) is 26.9 Å². The summed E-state index contributed by atoms with van der Waals surface area (Å²) in [6, 6.07) is 11.6. The molecule has 0 aromatic heterocycles. The third-order valence-corrected chi connectivity index (χ3v) is 5.50. The molecule has 2 aliphatic rings. The predicted octanol–water partition coefficient (Wildman–Crippen LogP) is 2.87. The van der Waals surface area contributed by atoms with Crippen LogP contribution in [0.15, 0.2) is 36.4 Å². The van der Waals surface area contributed by atoms with Gasteiger partial charge in [0.2, 0.25) is 0 Å². The van der Waals surface area contributed by atoms with Gasteiger partial charge in [0.1, 0.15) is 0 Å². The van der Waals surface area contributed by atoms with Gasteiger partial charge in [-0.3, -0.25) is 14.5 Å². The van der Waals surface area contributed by atoms with E-state index in [-0.39, 0.29) is 0 Å². The number of fused-ring (bicyclic) bond motifs is 1. The lowest BCUT2D eigenvalue weighted by atomic mass is 9.99. The standard InChI is InChI=1S/C22H24N2O3/c1-15-12-18(16(2)11-17(15)13-23-7-9-27-10-8-23)14-24-20-6-4-3-5-19(20)21(25)22(24)26/h3-6,11-12H,7-10,13-14H2,1-2H3. The fourth-order valence-corrected chi connectivity index (χ4v) is 3.85. The molecule has 0 atom stereocenters. The molecule has 1 amide bonds. The topological polar surface area (TPSA) is 49.9 Å². The highest BCUT2D eigenvalue weighted by Crippen LogP contribution is 2.31. The number of nitrogens with zero attached hydrogens (tertiary/aromatic N) is 2. The van der Waals surface area contributed by atoms with Gasteiger partial charge in [-0.2, -0.15) is 0 Å². The molecule has 2 heterocycles. The van der Waals surface area contributed by atoms with E-state index in [0.717, 1.165) is 44.0 Å². The van der Waals surface area contributed by atoms with E-state index in [2.05, 4.69) is 30.9 Å². The number of hydrogen-bond acceptors (Lipinski definition) is 4. The second-order valence-corrected chi connectivity index (χ2v) is 7.33. The number of hydrogen-bond donors (Lipinski definition) is 0. The van der Waals surface area contributed by atoms with Crippen LogP contribution < -0.4 is 4.90 Å². The summed E-state index contributed by atoms with van der Waals surface area (Å²) in [5, 5.41) is 0. The lowest BCUT2D eigenvalue weighted by Crippen LogP contribution is -2.35. The largest absolute Gasteiger partial charge is 0.379 e. The van der Waals surface area contributed by atoms with E-state index >= 15 is 0 Å². The van der Waals surface area contributed by atoms with Crippen LogP contribution in [0.25, 0.3) is 0 Å². The molecule has 0 saturated carbocycles. The number of morpholine rings is 1. The lowest BCUT2D eigenvalue weighted by molar-refractivity contribution is -0.114. The van der Waals surface area contributed by atoms with E-state index in [1.807, 2.05) is 12.1 Å². The van der Waals surface area contributed by atoms with Crippen LogP contribution in [0.5, 0.6) is 0 Å². The van der Waals surface area contributed by atoms with Crippen LogP contribution in [0, 0.1) is 13.8 Å². The molecule has 0 N–H and O–H groups in total. The number of ether oxygens (including phenoxy) is 1. The Balaban J connectivity index is 1.57. The van der Waals surface area contributed by atoms with Gasteiger partial charge in [-0.1, -0.05) is 24.3 Å². The van der Waals surface area contributed by atoms with E-state index in [1.54, 1.807) is 17.0 Å². The van der Waals surface area contributed by atoms with Gasteiger partial charge >= 0.3 is 0 Å². The summed E-state index contributed by atoms with van der Waals surface area (Å²) in [6.45, 7) is 9.03. The molecule has 4 rings (SSSR count). The third-order valence-electron chi connectivity index (χ3n) is 5.50. The number of amides is 1. The first kappa shape index (κ1) is 17.9. The van der Waals surface area contributed by atoms with Crippen molar-refractivity contribution in [3.05, 3.63) is 64.2 Å². The molecule has 2 aromatic rings. The van der Waals surface area contributed by atoms with Crippen molar-refractivity contribution in [2.24, 2.45) is 0 Å². The Morgan fingerprint density at radius 3 is 2.26 bits per heavy atom. The summed E-state index contributed by atoms with van der Waals surface area (Å²) in [4.78, 5) is 28.7. The lowest BCUT2D eigenvalue weighted by Gasteiger charge is -2.27. The predicted molar refractivity (Wildman–Crippen MR) is 104 cm³/mol. The maximum Gasteiger partial charge on any atom is 0.299 e. The average Bonchev–Trinajstić information content (AvgIpc) is 2.92. The number of anilines is 1. The molecular formula is C22H24N2O3. The van der Waals surface area contributed by atoms with Gasteiger partial charge in [0, 0.05) is 19.6 Å². The Kier molecular flexibility index (Phi) is 4.81. The Morgan fingerprint density at radius 1 is 0.926 bits per heavy atom. The molecule has 140 valence electrons. The minimum atomic E-state index is -0.439. The van der Waals surface area contributed by atoms with Crippen LogP contribution in [0.4, 0.5) is 5.69 Å². The Bertz CT molecular complexity index is 900. The van der Waals surface area contributed by atoms with Gasteiger partial charge in [-0.15, -0.1) is 0 Å². The normalized spacial score (nSPS) is 17.5. The maximum absolute atomic E-state index is 12.5. The number of carbonyl (C=O) groups is 2. The summed E-state index contributed by atoms with van der Waals surface area (Å²) >= 11 is 0. The summed E-state index contributed by atoms with van der Waals surface area (Å²) in [6.07, 6.45) is 0. The first-order valence-electron chi connectivity index (χ1n) is 9.39. The second kappa shape index (κ2) is 7.25. The van der Waals surface area contributed by atoms with Gasteiger partial charge in [0.15, 0.2) is 0 Å². The molecule has 0 aliphatic carbocycles. The zero-order valence-corrected chi connectivity index (χ0v) is 15.8. The van der Waals surface area contributed by atoms with Crippen molar-refractivity contribution in [2.75, 3.05) is 31.2 Å². The molecule has 1 saturated heterocycles. The molecule has 0 spiro atoms. The first-order chi connectivity index (χ1) is 13.0. The molecular weight excluding hydrogens is 340 g/mol. The second-order valence-electron chi connectivity index (χ2n) is 7.33. The summed E-state index contributed by atoms with van der Waals surface area (Å²) < 4.78 is 5.43. The number of Topliss-reactive ketones (excluding diaryl/α,β-unsaturated/α-hetero) is 1. The quantitative estimate of drug-likeness (QED) is 0.783. The minimum Gasteiger partial charge on any atom is -0.379 e. The highest BCUT2D eigenvalue weighted by molar-refractivity contribution is 6.52. The van der Waals surface area contributed by atoms with E-state index in [0.29, 0.717) is 17.8 Å². The van der Waals surface area contributed by atoms with E-state index < -0.39 is 11.7 Å². The smallest absolute Gasteiger partial charge is 0.299 e. The summed E-state index contributed by atoms with van der Waals surface area (Å²) in [7, 11) is 0. The molecule has 2 aromatic carbocycles. The first-order valence-corrected chi connectivity index (χ1v) is 9.39. The highest BCUT2D eigenvalue weighted by Gasteiger charge is 2.35. The molecule has 2 aliphatic heterocycles. The summed E-state index contributed by atoms with van der Waals surface area (Å²) in [5.74, 6) is -0.852. The Labute approximate surface area is 159 Å². The fourth-order valence-electron chi connectivity index (χ4n) is 3.85. The number of ketones is 1. The van der Waals surface area contributed by atoms with Gasteiger partial charge in [0.05, 0.1) is 31.0 Å². The van der Waals surface area contributed by atoms with Crippen molar-refractivity contribution in [3.63, 3.8) is 0 Å². The highest BCUT2D eigenvalue weighted by atomic mass is 16.5. The van der Waals surface area contributed by atoms with Gasteiger partial charge in [-0.05, 0) is 48.2 Å². The molecule has 0 bridgehead atoms. The van der Waals surface area contributed by atoms with Gasteiger partial charge in [0.25, 0.3) is 11.7 Å². The number of benzene rings is 2. The third kappa shape index (κ3) is 3.40. The number of carbonyl (C=O) groups excluding carboxylic acids is 2. The molecule has 5 heteroatoms. The van der Waals surface area contributed by atoms with E-state index in [9.17, 15) is 9.59 Å². The van der Waals surface area contributed by atoms with Crippen LogP contribution in [-0.2, 0) is 22.6 Å². The monoisotopic (exact) mass is 364 g/mol. The SMILES string of the molecule is Cc1cc(CN2C(=O)C(=O)c3ccccc32)c(C)cc1CN1CCOCC1. The zero-order chi connectivity index (χ0) is 19.0. The van der Waals surface area contributed by atoms with Crippen LogP contribution in [0.1, 0.15) is 32.6 Å². The average molecular weight is 364 g/mol. The molecule has 1 fully saturated rings. The number of rotatable bonds is 4. The maximum atomic E-state index is 12.5. The van der Waals surface area contributed by atoms with Crippen LogP contribution in [0.2, 0.25) is 0 Å². The van der Waals surface area contributed by atoms with Crippen molar-refractivity contribution in [1.29, 1.82) is 0 Å². The van der Waals surface area contributed by atoms with Crippen LogP contribution in [-0.4, -0.2) is 42.9 Å². The molecule has 5 nitrogen and oxygen atoms in total. The van der Waals surface area contributed by atoms with E-state index in [4.69, 9.17) is 4.74 Å². The van der Waals surface area contributed by atoms with Crippen LogP contribution >= 0.6 is 0 Å². The molecule has 0 unspecified atom stereocenters. The Hall–Kier alpha value is -2.50. The fraction of sp³-hybridized carbons (Fsp3) is 0.364. The van der Waals surface area contributed by atoms with Crippen LogP contribution in [0.3, 0.4) is 0 Å².